The molecule has 2 unspecified atom stereocenters. The molecule has 1 amide bonds. The van der Waals surface area contributed by atoms with Crippen molar-refractivity contribution in [3.63, 3.8) is 0 Å². The van der Waals surface area contributed by atoms with Crippen molar-refractivity contribution in [1.82, 2.24) is 5.32 Å². The van der Waals surface area contributed by atoms with Crippen molar-refractivity contribution in [2.24, 2.45) is 5.92 Å². The van der Waals surface area contributed by atoms with Gasteiger partial charge in [0.25, 0.3) is 0 Å². The van der Waals surface area contributed by atoms with E-state index in [-0.39, 0.29) is 24.4 Å². The molecule has 0 aromatic heterocycles. The van der Waals surface area contributed by atoms with Crippen LogP contribution in [-0.2, 0) is 4.79 Å². The van der Waals surface area contributed by atoms with Gasteiger partial charge in [-0.3, -0.25) is 4.79 Å². The molecule has 6 heteroatoms. The van der Waals surface area contributed by atoms with Gasteiger partial charge in [0.1, 0.15) is 5.75 Å². The summed E-state index contributed by atoms with van der Waals surface area (Å²) in [6.07, 6.45) is 5.52. The Kier molecular flexibility index (Phi) is 6.96. The molecular formula is C18H26BrClN2O2. The van der Waals surface area contributed by atoms with Gasteiger partial charge in [-0.05, 0) is 57.6 Å². The molecule has 2 heterocycles. The van der Waals surface area contributed by atoms with Crippen LogP contribution in [0.4, 0.5) is 5.69 Å². The predicted molar refractivity (Wildman–Crippen MR) is 103 cm³/mol. The highest BCUT2D eigenvalue weighted by Gasteiger charge is 2.34. The van der Waals surface area contributed by atoms with Crippen molar-refractivity contribution in [2.45, 2.75) is 64.1 Å². The number of anilines is 1. The van der Waals surface area contributed by atoms with Gasteiger partial charge in [-0.15, -0.1) is 12.4 Å². The Balaban J connectivity index is 0.00000208. The van der Waals surface area contributed by atoms with Crippen LogP contribution in [-0.4, -0.2) is 24.1 Å². The van der Waals surface area contributed by atoms with Crippen molar-refractivity contribution < 1.29 is 9.53 Å². The molecule has 2 N–H and O–H groups in total. The average Bonchev–Trinajstić information content (AvgIpc) is 2.76. The number of rotatable bonds is 5. The average molecular weight is 418 g/mol. The molecule has 1 aromatic rings. The molecule has 2 fully saturated rings. The van der Waals surface area contributed by atoms with Crippen molar-refractivity contribution in [1.29, 1.82) is 0 Å². The van der Waals surface area contributed by atoms with E-state index in [1.54, 1.807) is 0 Å². The molecule has 2 aliphatic heterocycles. The molecule has 2 atom stereocenters. The maximum absolute atomic E-state index is 12.4. The van der Waals surface area contributed by atoms with Gasteiger partial charge in [0, 0.05) is 34.7 Å². The van der Waals surface area contributed by atoms with Gasteiger partial charge in [-0.25, -0.2) is 0 Å². The van der Waals surface area contributed by atoms with Crippen LogP contribution < -0.4 is 15.4 Å². The van der Waals surface area contributed by atoms with Crippen molar-refractivity contribution >= 4 is 39.9 Å². The van der Waals surface area contributed by atoms with Gasteiger partial charge in [0.2, 0.25) is 5.91 Å². The minimum atomic E-state index is 0. The smallest absolute Gasteiger partial charge is 0.224 e. The summed E-state index contributed by atoms with van der Waals surface area (Å²) in [6, 6.07) is 6.97. The third-order valence-corrected chi connectivity index (χ3v) is 5.03. The Hall–Kier alpha value is -0.780. The highest BCUT2D eigenvalue weighted by molar-refractivity contribution is 9.10. The van der Waals surface area contributed by atoms with Crippen LogP contribution in [0.1, 0.15) is 46.0 Å². The zero-order valence-corrected chi connectivity index (χ0v) is 16.6. The normalized spacial score (nSPS) is 25.2. The van der Waals surface area contributed by atoms with E-state index in [0.29, 0.717) is 24.4 Å². The summed E-state index contributed by atoms with van der Waals surface area (Å²) < 4.78 is 6.62. The number of halogens is 2. The Bertz CT molecular complexity index is 570. The number of piperidine rings is 1. The third kappa shape index (κ3) is 5.36. The number of nitrogens with one attached hydrogen (secondary N) is 2. The van der Waals surface area contributed by atoms with Crippen molar-refractivity contribution in [3.05, 3.63) is 22.7 Å². The molecule has 0 radical (unpaired) electrons. The van der Waals surface area contributed by atoms with E-state index in [0.717, 1.165) is 28.8 Å². The predicted octanol–water partition coefficient (Wildman–Crippen LogP) is 4.52. The van der Waals surface area contributed by atoms with Crippen LogP contribution in [0.25, 0.3) is 0 Å². The largest absolute Gasteiger partial charge is 0.491 e. The van der Waals surface area contributed by atoms with Gasteiger partial charge in [0.15, 0.2) is 0 Å². The standard InChI is InChI=1S/C18H25BrN2O2.ClH/c1-11(2)23-17-9-13(19)8-16(10-17)21-18(22)7-12-5-14-3-4-15(6-12)20-14;/h8-12,14-15,20H,3-7H2,1-2H3,(H,21,22);1H. The van der Waals surface area contributed by atoms with Gasteiger partial charge >= 0.3 is 0 Å². The zero-order valence-electron chi connectivity index (χ0n) is 14.2. The van der Waals surface area contributed by atoms with Crippen LogP contribution in [0.15, 0.2) is 22.7 Å². The Morgan fingerprint density at radius 2 is 1.96 bits per heavy atom. The molecule has 2 bridgehead atoms. The zero-order chi connectivity index (χ0) is 16.4. The van der Waals surface area contributed by atoms with E-state index in [1.807, 2.05) is 32.0 Å². The van der Waals surface area contributed by atoms with Gasteiger partial charge in [-0.1, -0.05) is 15.9 Å². The third-order valence-electron chi connectivity index (χ3n) is 4.57. The first-order valence-corrected chi connectivity index (χ1v) is 9.30. The maximum atomic E-state index is 12.4. The second kappa shape index (κ2) is 8.54. The molecular weight excluding hydrogens is 392 g/mol. The van der Waals surface area contributed by atoms with Crippen LogP contribution in [0.3, 0.4) is 0 Å². The molecule has 0 spiro atoms. The lowest BCUT2D eigenvalue weighted by atomic mass is 9.89. The first kappa shape index (κ1) is 19.5. The van der Waals surface area contributed by atoms with E-state index in [9.17, 15) is 4.79 Å². The first-order chi connectivity index (χ1) is 11.0. The summed E-state index contributed by atoms with van der Waals surface area (Å²) in [5.74, 6) is 1.38. The van der Waals surface area contributed by atoms with Gasteiger partial charge in [-0.2, -0.15) is 0 Å². The SMILES string of the molecule is CC(C)Oc1cc(Br)cc(NC(=O)CC2CC3CCC(C2)N3)c1.Cl. The number of carbonyl (C=O) groups excluding carboxylic acids is 1. The molecule has 0 saturated carbocycles. The molecule has 4 nitrogen and oxygen atoms in total. The van der Waals surface area contributed by atoms with Crippen LogP contribution in [0, 0.1) is 5.92 Å². The number of hydrogen-bond donors (Lipinski definition) is 2. The van der Waals surface area contributed by atoms with Gasteiger partial charge in [0.05, 0.1) is 6.10 Å². The fourth-order valence-corrected chi connectivity index (χ4v) is 4.26. The molecule has 0 aliphatic carbocycles. The number of ether oxygens (including phenoxy) is 1. The Morgan fingerprint density at radius 3 is 2.58 bits per heavy atom. The van der Waals surface area contributed by atoms with E-state index < -0.39 is 0 Å². The van der Waals surface area contributed by atoms with Crippen LogP contribution >= 0.6 is 28.3 Å². The monoisotopic (exact) mass is 416 g/mol. The Labute approximate surface area is 158 Å². The molecule has 3 rings (SSSR count). The second-order valence-electron chi connectivity index (χ2n) is 7.07. The van der Waals surface area contributed by atoms with Crippen LogP contribution in [0.5, 0.6) is 5.75 Å². The summed E-state index contributed by atoms with van der Waals surface area (Å²) in [7, 11) is 0. The quantitative estimate of drug-likeness (QED) is 0.740. The summed E-state index contributed by atoms with van der Waals surface area (Å²) in [5, 5.41) is 6.65. The Morgan fingerprint density at radius 1 is 1.29 bits per heavy atom. The highest BCUT2D eigenvalue weighted by Crippen LogP contribution is 2.33. The molecule has 1 aromatic carbocycles. The lowest BCUT2D eigenvalue weighted by Gasteiger charge is -2.28. The van der Waals surface area contributed by atoms with E-state index >= 15 is 0 Å². The lowest BCUT2D eigenvalue weighted by molar-refractivity contribution is -0.117. The molecule has 2 saturated heterocycles. The number of fused-ring (bicyclic) bond motifs is 2. The van der Waals surface area contributed by atoms with Crippen molar-refractivity contribution in [3.8, 4) is 5.75 Å². The lowest BCUT2D eigenvalue weighted by Crippen LogP contribution is -2.39. The summed E-state index contributed by atoms with van der Waals surface area (Å²) >= 11 is 3.48. The molecule has 24 heavy (non-hydrogen) atoms. The minimum Gasteiger partial charge on any atom is -0.491 e. The van der Waals surface area contributed by atoms with E-state index in [4.69, 9.17) is 4.74 Å². The highest BCUT2D eigenvalue weighted by atomic mass is 79.9. The first-order valence-electron chi connectivity index (χ1n) is 8.51. The van der Waals surface area contributed by atoms with Crippen LogP contribution in [0.2, 0.25) is 0 Å². The molecule has 2 aliphatic rings. The van der Waals surface area contributed by atoms with E-state index in [1.165, 1.54) is 12.8 Å². The second-order valence-corrected chi connectivity index (χ2v) is 7.99. The topological polar surface area (TPSA) is 50.4 Å². The summed E-state index contributed by atoms with van der Waals surface area (Å²) in [4.78, 5) is 12.4. The van der Waals surface area contributed by atoms with Crippen molar-refractivity contribution in [2.75, 3.05) is 5.32 Å². The fourth-order valence-electron chi connectivity index (χ4n) is 3.79. The maximum Gasteiger partial charge on any atom is 0.224 e. The fraction of sp³-hybridized carbons (Fsp3) is 0.611. The number of hydrogen-bond acceptors (Lipinski definition) is 3. The summed E-state index contributed by atoms with van der Waals surface area (Å²) in [5.41, 5.74) is 0.789. The van der Waals surface area contributed by atoms with E-state index in [2.05, 4.69) is 26.6 Å². The number of carbonyl (C=O) groups is 1. The van der Waals surface area contributed by atoms with Gasteiger partial charge < -0.3 is 15.4 Å². The summed E-state index contributed by atoms with van der Waals surface area (Å²) in [6.45, 7) is 3.98. The minimum absolute atomic E-state index is 0. The number of benzene rings is 1. The number of amides is 1. The molecule has 134 valence electrons.